The Balaban J connectivity index is 2.67. The van der Waals surface area contributed by atoms with Crippen LogP contribution in [0.2, 0.25) is 0 Å². The van der Waals surface area contributed by atoms with Gasteiger partial charge < -0.3 is 4.74 Å². The lowest BCUT2D eigenvalue weighted by atomic mass is 10.2. The average molecular weight is 277 g/mol. The van der Waals surface area contributed by atoms with Crippen LogP contribution in [0.25, 0.3) is 0 Å². The second-order valence-electron chi connectivity index (χ2n) is 3.67. The van der Waals surface area contributed by atoms with Crippen molar-refractivity contribution in [1.29, 1.82) is 0 Å². The molecule has 0 saturated carbocycles. The Hall–Kier alpha value is -2.12. The molecule has 0 spiro atoms. The molecule has 0 saturated heterocycles. The number of nitrogens with zero attached hydrogens (tertiary/aromatic N) is 1. The predicted molar refractivity (Wildman–Crippen MR) is 59.3 cm³/mol. The number of alkyl halides is 3. The molecule has 5 nitrogen and oxygen atoms in total. The lowest BCUT2D eigenvalue weighted by molar-refractivity contribution is -0.385. The Kier molecular flexibility index (Phi) is 4.85. The van der Waals surface area contributed by atoms with Crippen molar-refractivity contribution in [3.8, 4) is 5.75 Å². The molecule has 1 rings (SSSR count). The molecule has 0 bridgehead atoms. The minimum Gasteiger partial charge on any atom is -0.487 e. The maximum absolute atomic E-state index is 11.9. The third-order valence-electron chi connectivity index (χ3n) is 2.18. The van der Waals surface area contributed by atoms with E-state index in [-0.39, 0.29) is 24.3 Å². The molecule has 0 amide bonds. The van der Waals surface area contributed by atoms with Gasteiger partial charge >= 0.3 is 11.9 Å². The van der Waals surface area contributed by atoms with Gasteiger partial charge in [0.2, 0.25) is 0 Å². The van der Waals surface area contributed by atoms with E-state index in [0.29, 0.717) is 6.29 Å². The van der Waals surface area contributed by atoms with Crippen LogP contribution in [-0.4, -0.2) is 24.0 Å². The first-order chi connectivity index (χ1) is 8.83. The fraction of sp³-hybridized carbons (Fsp3) is 0.364. The molecule has 0 fully saturated rings. The van der Waals surface area contributed by atoms with Gasteiger partial charge in [-0.25, -0.2) is 0 Å². The van der Waals surface area contributed by atoms with Gasteiger partial charge in [0.15, 0.2) is 5.75 Å². The lowest BCUT2D eigenvalue weighted by Gasteiger charge is -2.08. The average Bonchev–Trinajstić information content (AvgIpc) is 2.33. The van der Waals surface area contributed by atoms with Gasteiger partial charge in [-0.1, -0.05) is 0 Å². The van der Waals surface area contributed by atoms with Gasteiger partial charge in [0.05, 0.1) is 11.5 Å². The summed E-state index contributed by atoms with van der Waals surface area (Å²) in [6.45, 7) is -0.291. The van der Waals surface area contributed by atoms with Gasteiger partial charge in [0.1, 0.15) is 6.29 Å². The number of benzene rings is 1. The van der Waals surface area contributed by atoms with Crippen LogP contribution in [0.5, 0.6) is 5.75 Å². The summed E-state index contributed by atoms with van der Waals surface area (Å²) in [7, 11) is 0. The fourth-order valence-electron chi connectivity index (χ4n) is 1.33. The summed E-state index contributed by atoms with van der Waals surface area (Å²) < 4.78 is 40.6. The minimum absolute atomic E-state index is 0.0920. The molecule has 1 aromatic carbocycles. The largest absolute Gasteiger partial charge is 0.487 e. The summed E-state index contributed by atoms with van der Waals surface area (Å²) in [5.41, 5.74) is -0.356. The summed E-state index contributed by atoms with van der Waals surface area (Å²) in [5, 5.41) is 10.7. The summed E-state index contributed by atoms with van der Waals surface area (Å²) >= 11 is 0. The smallest absolute Gasteiger partial charge is 0.389 e. The standard InChI is InChI=1S/C11H10F3NO4/c12-11(13,14)4-1-5-19-10-3-2-8(7-16)6-9(10)15(17)18/h2-3,6-7H,1,4-5H2. The zero-order valence-corrected chi connectivity index (χ0v) is 9.64. The molecular weight excluding hydrogens is 267 g/mol. The number of rotatable bonds is 6. The van der Waals surface area contributed by atoms with Crippen LogP contribution in [0.15, 0.2) is 18.2 Å². The molecule has 0 aliphatic rings. The molecule has 8 heteroatoms. The topological polar surface area (TPSA) is 69.4 Å². The molecule has 0 unspecified atom stereocenters. The van der Waals surface area contributed by atoms with Crippen LogP contribution < -0.4 is 4.74 Å². The number of hydrogen-bond donors (Lipinski definition) is 0. The van der Waals surface area contributed by atoms with Crippen molar-refractivity contribution in [2.75, 3.05) is 6.61 Å². The molecular formula is C11H10F3NO4. The number of aldehydes is 1. The van der Waals surface area contributed by atoms with Crippen LogP contribution >= 0.6 is 0 Å². The highest BCUT2D eigenvalue weighted by Crippen LogP contribution is 2.28. The Morgan fingerprint density at radius 1 is 1.37 bits per heavy atom. The van der Waals surface area contributed by atoms with Crippen LogP contribution in [0, 0.1) is 10.1 Å². The minimum atomic E-state index is -4.28. The van der Waals surface area contributed by atoms with Crippen molar-refractivity contribution in [3.05, 3.63) is 33.9 Å². The number of nitro groups is 1. The first kappa shape index (κ1) is 14.9. The van der Waals surface area contributed by atoms with E-state index in [0.717, 1.165) is 6.07 Å². The number of carbonyl (C=O) groups is 1. The van der Waals surface area contributed by atoms with Gasteiger partial charge in [-0.3, -0.25) is 14.9 Å². The van der Waals surface area contributed by atoms with E-state index >= 15 is 0 Å². The Morgan fingerprint density at radius 3 is 2.58 bits per heavy atom. The van der Waals surface area contributed by atoms with Crippen molar-refractivity contribution in [2.24, 2.45) is 0 Å². The number of nitro benzene ring substituents is 1. The third-order valence-corrected chi connectivity index (χ3v) is 2.18. The zero-order valence-electron chi connectivity index (χ0n) is 9.64. The SMILES string of the molecule is O=Cc1ccc(OCCCC(F)(F)F)c([N+](=O)[O-])c1. The van der Waals surface area contributed by atoms with Gasteiger partial charge in [-0.15, -0.1) is 0 Å². The van der Waals surface area contributed by atoms with Crippen molar-refractivity contribution in [2.45, 2.75) is 19.0 Å². The molecule has 0 aliphatic heterocycles. The first-order valence-corrected chi connectivity index (χ1v) is 5.26. The third kappa shape index (κ3) is 4.94. The highest BCUT2D eigenvalue weighted by molar-refractivity contribution is 5.77. The highest BCUT2D eigenvalue weighted by Gasteiger charge is 2.26. The highest BCUT2D eigenvalue weighted by atomic mass is 19.4. The number of halogens is 3. The predicted octanol–water partition coefficient (Wildman–Crippen LogP) is 3.13. The van der Waals surface area contributed by atoms with E-state index < -0.39 is 23.2 Å². The molecule has 0 radical (unpaired) electrons. The normalized spacial score (nSPS) is 11.1. The second kappa shape index (κ2) is 6.17. The van der Waals surface area contributed by atoms with Gasteiger partial charge in [0.25, 0.3) is 0 Å². The van der Waals surface area contributed by atoms with Crippen LogP contribution in [0.4, 0.5) is 18.9 Å². The second-order valence-corrected chi connectivity index (χ2v) is 3.67. The summed E-state index contributed by atoms with van der Waals surface area (Å²) in [5.74, 6) is -0.155. The molecule has 1 aromatic rings. The first-order valence-electron chi connectivity index (χ1n) is 5.26. The molecule has 0 atom stereocenters. The van der Waals surface area contributed by atoms with Gasteiger partial charge in [-0.2, -0.15) is 13.2 Å². The molecule has 0 N–H and O–H groups in total. The molecule has 0 aliphatic carbocycles. The zero-order chi connectivity index (χ0) is 14.5. The Labute approximate surface area is 106 Å². The van der Waals surface area contributed by atoms with E-state index in [1.807, 2.05) is 0 Å². The van der Waals surface area contributed by atoms with E-state index in [9.17, 15) is 28.1 Å². The quantitative estimate of drug-likeness (QED) is 0.346. The monoisotopic (exact) mass is 277 g/mol. The number of ether oxygens (including phenoxy) is 1. The number of carbonyl (C=O) groups excluding carboxylic acids is 1. The molecule has 104 valence electrons. The van der Waals surface area contributed by atoms with Crippen LogP contribution in [0.1, 0.15) is 23.2 Å². The molecule has 19 heavy (non-hydrogen) atoms. The Bertz CT molecular complexity index is 473. The van der Waals surface area contributed by atoms with Crippen LogP contribution in [0.3, 0.4) is 0 Å². The van der Waals surface area contributed by atoms with Crippen molar-refractivity contribution >= 4 is 12.0 Å². The maximum atomic E-state index is 11.9. The summed E-state index contributed by atoms with van der Waals surface area (Å²) in [4.78, 5) is 20.4. The molecule has 0 aromatic heterocycles. The van der Waals surface area contributed by atoms with E-state index in [4.69, 9.17) is 4.74 Å². The van der Waals surface area contributed by atoms with E-state index in [1.165, 1.54) is 12.1 Å². The summed E-state index contributed by atoms with van der Waals surface area (Å²) in [6.07, 6.45) is -5.17. The van der Waals surface area contributed by atoms with Crippen LogP contribution in [-0.2, 0) is 0 Å². The van der Waals surface area contributed by atoms with Crippen molar-refractivity contribution < 1.29 is 27.6 Å². The van der Waals surface area contributed by atoms with E-state index in [2.05, 4.69) is 0 Å². The molecule has 0 heterocycles. The summed E-state index contributed by atoms with van der Waals surface area (Å²) in [6, 6.07) is 3.49. The fourth-order valence-corrected chi connectivity index (χ4v) is 1.33. The van der Waals surface area contributed by atoms with E-state index in [1.54, 1.807) is 0 Å². The lowest BCUT2D eigenvalue weighted by Crippen LogP contribution is -2.10. The maximum Gasteiger partial charge on any atom is 0.389 e. The van der Waals surface area contributed by atoms with Crippen molar-refractivity contribution in [3.63, 3.8) is 0 Å². The van der Waals surface area contributed by atoms with Crippen molar-refractivity contribution in [1.82, 2.24) is 0 Å². The van der Waals surface area contributed by atoms with Gasteiger partial charge in [-0.05, 0) is 18.6 Å². The van der Waals surface area contributed by atoms with Gasteiger partial charge in [0, 0.05) is 18.1 Å². The Morgan fingerprint density at radius 2 is 2.05 bits per heavy atom. The number of hydrogen-bond acceptors (Lipinski definition) is 4.